The van der Waals surface area contributed by atoms with E-state index in [4.69, 9.17) is 4.52 Å². The Bertz CT molecular complexity index is 1070. The van der Waals surface area contributed by atoms with Crippen molar-refractivity contribution in [2.75, 3.05) is 7.05 Å². The molecule has 0 radical (unpaired) electrons. The van der Waals surface area contributed by atoms with Crippen LogP contribution < -0.4 is 0 Å². The number of para-hydroxylation sites is 2. The molecule has 4 rings (SSSR count). The number of aromatic nitrogens is 5. The van der Waals surface area contributed by atoms with Crippen LogP contribution >= 0.6 is 0 Å². The van der Waals surface area contributed by atoms with Gasteiger partial charge in [0.05, 0.1) is 35.6 Å². The number of benzene rings is 1. The highest BCUT2D eigenvalue weighted by atomic mass is 16.5. The van der Waals surface area contributed by atoms with E-state index in [0.717, 1.165) is 16.7 Å². The third-order valence-electron chi connectivity index (χ3n) is 4.57. The maximum absolute atomic E-state index is 12.7. The molecule has 0 saturated heterocycles. The summed E-state index contributed by atoms with van der Waals surface area (Å²) in [5.74, 6) is 0.358. The molecule has 3 heterocycles. The van der Waals surface area contributed by atoms with Gasteiger partial charge >= 0.3 is 0 Å². The van der Waals surface area contributed by atoms with Crippen LogP contribution in [0.5, 0.6) is 0 Å². The maximum Gasteiger partial charge on any atom is 0.276 e. The quantitative estimate of drug-likeness (QED) is 0.542. The number of rotatable bonds is 5. The van der Waals surface area contributed by atoms with E-state index in [2.05, 4.69) is 20.1 Å². The van der Waals surface area contributed by atoms with Crippen LogP contribution in [0.25, 0.3) is 11.0 Å². The molecule has 0 bridgehead atoms. The van der Waals surface area contributed by atoms with Gasteiger partial charge in [-0.15, -0.1) is 0 Å². The van der Waals surface area contributed by atoms with Crippen molar-refractivity contribution in [2.45, 2.75) is 19.5 Å². The molecular weight excluding hydrogens is 344 g/mol. The SMILES string of the molecule is C[C@@H](c1ccncn1)N(C)C(=O)c1cc(Cn2cnc3ccccc32)on1. The van der Waals surface area contributed by atoms with E-state index in [1.165, 1.54) is 6.33 Å². The fraction of sp³-hybridized carbons (Fsp3) is 0.211. The number of hydrogen-bond donors (Lipinski definition) is 0. The minimum absolute atomic E-state index is 0.210. The second kappa shape index (κ2) is 6.99. The first kappa shape index (κ1) is 16.9. The minimum Gasteiger partial charge on any atom is -0.359 e. The molecule has 1 atom stereocenters. The summed E-state index contributed by atoms with van der Waals surface area (Å²) in [5.41, 5.74) is 2.93. The Kier molecular flexibility index (Phi) is 4.37. The molecule has 4 aromatic rings. The molecule has 0 aliphatic heterocycles. The van der Waals surface area contributed by atoms with Gasteiger partial charge in [0, 0.05) is 19.3 Å². The molecule has 1 aromatic carbocycles. The highest BCUT2D eigenvalue weighted by Gasteiger charge is 2.23. The summed E-state index contributed by atoms with van der Waals surface area (Å²) in [7, 11) is 1.72. The van der Waals surface area contributed by atoms with E-state index in [1.807, 2.05) is 35.8 Å². The van der Waals surface area contributed by atoms with Crippen LogP contribution in [-0.4, -0.2) is 42.5 Å². The summed E-state index contributed by atoms with van der Waals surface area (Å²) < 4.78 is 7.33. The Morgan fingerprint density at radius 3 is 2.93 bits per heavy atom. The first-order chi connectivity index (χ1) is 13.1. The monoisotopic (exact) mass is 362 g/mol. The van der Waals surface area contributed by atoms with Crippen molar-refractivity contribution < 1.29 is 9.32 Å². The molecule has 0 fully saturated rings. The van der Waals surface area contributed by atoms with Crippen LogP contribution in [0.1, 0.15) is 34.9 Å². The number of amides is 1. The molecule has 1 amide bonds. The Labute approximate surface area is 155 Å². The predicted octanol–water partition coefficient (Wildman–Crippen LogP) is 2.70. The molecule has 8 nitrogen and oxygen atoms in total. The molecule has 0 N–H and O–H groups in total. The number of carbonyl (C=O) groups is 1. The Morgan fingerprint density at radius 1 is 1.26 bits per heavy atom. The van der Waals surface area contributed by atoms with Crippen molar-refractivity contribution in [1.29, 1.82) is 0 Å². The minimum atomic E-state index is -0.230. The first-order valence-electron chi connectivity index (χ1n) is 8.52. The molecule has 0 aliphatic carbocycles. The van der Waals surface area contributed by atoms with Gasteiger partial charge in [0.15, 0.2) is 11.5 Å². The summed E-state index contributed by atoms with van der Waals surface area (Å²) in [6.45, 7) is 2.35. The zero-order chi connectivity index (χ0) is 18.8. The number of carbonyl (C=O) groups excluding carboxylic acids is 1. The van der Waals surface area contributed by atoms with Gasteiger partial charge < -0.3 is 14.0 Å². The van der Waals surface area contributed by atoms with E-state index in [0.29, 0.717) is 12.3 Å². The van der Waals surface area contributed by atoms with E-state index < -0.39 is 0 Å². The lowest BCUT2D eigenvalue weighted by molar-refractivity contribution is 0.0729. The van der Waals surface area contributed by atoms with E-state index in [-0.39, 0.29) is 17.6 Å². The van der Waals surface area contributed by atoms with Gasteiger partial charge in [-0.1, -0.05) is 17.3 Å². The van der Waals surface area contributed by atoms with Crippen molar-refractivity contribution in [2.24, 2.45) is 0 Å². The molecule has 0 saturated carbocycles. The van der Waals surface area contributed by atoms with Crippen LogP contribution in [0.3, 0.4) is 0 Å². The second-order valence-corrected chi connectivity index (χ2v) is 6.27. The van der Waals surface area contributed by atoms with Crippen LogP contribution in [0.4, 0.5) is 0 Å². The topological polar surface area (TPSA) is 89.9 Å². The van der Waals surface area contributed by atoms with E-state index in [9.17, 15) is 4.79 Å². The van der Waals surface area contributed by atoms with Crippen molar-refractivity contribution in [1.82, 2.24) is 29.6 Å². The lowest BCUT2D eigenvalue weighted by Gasteiger charge is -2.23. The van der Waals surface area contributed by atoms with Crippen molar-refractivity contribution in [3.05, 3.63) is 72.4 Å². The second-order valence-electron chi connectivity index (χ2n) is 6.27. The first-order valence-corrected chi connectivity index (χ1v) is 8.52. The third kappa shape index (κ3) is 3.29. The molecule has 0 spiro atoms. The van der Waals surface area contributed by atoms with E-state index >= 15 is 0 Å². The molecule has 8 heteroatoms. The number of fused-ring (bicyclic) bond motifs is 1. The van der Waals surface area contributed by atoms with Crippen molar-refractivity contribution >= 4 is 16.9 Å². The highest BCUT2D eigenvalue weighted by Crippen LogP contribution is 2.19. The van der Waals surface area contributed by atoms with Gasteiger partial charge in [-0.3, -0.25) is 4.79 Å². The Hall–Kier alpha value is -3.55. The molecule has 27 heavy (non-hydrogen) atoms. The zero-order valence-corrected chi connectivity index (χ0v) is 15.0. The third-order valence-corrected chi connectivity index (χ3v) is 4.57. The Balaban J connectivity index is 1.51. The van der Waals surface area contributed by atoms with Crippen molar-refractivity contribution in [3.8, 4) is 0 Å². The molecular formula is C19H18N6O2. The fourth-order valence-electron chi connectivity index (χ4n) is 2.90. The van der Waals surface area contributed by atoms with Crippen LogP contribution in [-0.2, 0) is 6.54 Å². The maximum atomic E-state index is 12.7. The lowest BCUT2D eigenvalue weighted by Crippen LogP contribution is -2.30. The van der Waals surface area contributed by atoms with Crippen LogP contribution in [0.2, 0.25) is 0 Å². The summed E-state index contributed by atoms with van der Waals surface area (Å²) >= 11 is 0. The summed E-state index contributed by atoms with van der Waals surface area (Å²) in [5, 5.41) is 3.94. The molecule has 0 aliphatic rings. The Morgan fingerprint density at radius 2 is 2.11 bits per heavy atom. The number of imidazole rings is 1. The summed E-state index contributed by atoms with van der Waals surface area (Å²) in [6, 6.07) is 11.1. The normalized spacial score (nSPS) is 12.2. The van der Waals surface area contributed by atoms with Crippen molar-refractivity contribution in [3.63, 3.8) is 0 Å². The summed E-state index contributed by atoms with van der Waals surface area (Å²) in [4.78, 5) is 26.8. The van der Waals surface area contributed by atoms with Gasteiger partial charge in [0.1, 0.15) is 6.33 Å². The average molecular weight is 362 g/mol. The summed E-state index contributed by atoms with van der Waals surface area (Å²) in [6.07, 6.45) is 4.87. The standard InChI is InChI=1S/C19H18N6O2/c1-13(15-7-8-20-11-21-15)24(2)19(26)17-9-14(27-23-17)10-25-12-22-16-5-3-4-6-18(16)25/h3-9,11-13H,10H2,1-2H3/t13-/m0/s1. The van der Waals surface area contributed by atoms with Gasteiger partial charge in [-0.2, -0.15) is 0 Å². The van der Waals surface area contributed by atoms with Gasteiger partial charge in [0.2, 0.25) is 0 Å². The predicted molar refractivity (Wildman–Crippen MR) is 97.9 cm³/mol. The van der Waals surface area contributed by atoms with E-state index in [1.54, 1.807) is 36.6 Å². The average Bonchev–Trinajstić information content (AvgIpc) is 3.35. The van der Waals surface area contributed by atoms with Crippen LogP contribution in [0, 0.1) is 0 Å². The zero-order valence-electron chi connectivity index (χ0n) is 15.0. The molecule has 3 aromatic heterocycles. The highest BCUT2D eigenvalue weighted by molar-refractivity contribution is 5.92. The fourth-order valence-corrected chi connectivity index (χ4v) is 2.90. The molecule has 0 unspecified atom stereocenters. The smallest absolute Gasteiger partial charge is 0.276 e. The largest absolute Gasteiger partial charge is 0.359 e. The number of hydrogen-bond acceptors (Lipinski definition) is 6. The van der Waals surface area contributed by atoms with Gasteiger partial charge in [-0.05, 0) is 25.1 Å². The van der Waals surface area contributed by atoms with Gasteiger partial charge in [-0.25, -0.2) is 15.0 Å². The lowest BCUT2D eigenvalue weighted by atomic mass is 10.2. The van der Waals surface area contributed by atoms with Gasteiger partial charge in [0.25, 0.3) is 5.91 Å². The van der Waals surface area contributed by atoms with Crippen LogP contribution in [0.15, 0.2) is 59.8 Å². The number of nitrogens with zero attached hydrogens (tertiary/aromatic N) is 6. The molecule has 136 valence electrons.